The summed E-state index contributed by atoms with van der Waals surface area (Å²) in [7, 11) is 0. The highest BCUT2D eigenvalue weighted by Gasteiger charge is 2.16. The van der Waals surface area contributed by atoms with Crippen LogP contribution >= 0.6 is 50.5 Å². The lowest BCUT2D eigenvalue weighted by molar-refractivity contribution is 0.872. The summed E-state index contributed by atoms with van der Waals surface area (Å²) in [5.41, 5.74) is 8.03. The lowest BCUT2D eigenvalue weighted by atomic mass is 10.0. The predicted molar refractivity (Wildman–Crippen MR) is 74.5 cm³/mol. The molecule has 0 saturated carbocycles. The van der Waals surface area contributed by atoms with Crippen molar-refractivity contribution in [2.75, 3.05) is 0 Å². The largest absolute Gasteiger partial charge is 0.320 e. The molecule has 1 unspecified atom stereocenters. The second kappa shape index (κ2) is 5.07. The molecule has 0 spiro atoms. The van der Waals surface area contributed by atoms with Crippen molar-refractivity contribution >= 4 is 50.5 Å². The highest BCUT2D eigenvalue weighted by atomic mass is 79.9. The molecule has 1 aromatic carbocycles. The smallest absolute Gasteiger partial charge is 0.0643 e. The lowest BCUT2D eigenvalue weighted by Crippen LogP contribution is -2.12. The van der Waals surface area contributed by atoms with Crippen molar-refractivity contribution in [3.05, 3.63) is 54.6 Å². The Labute approximate surface area is 116 Å². The summed E-state index contributed by atoms with van der Waals surface area (Å²) < 4.78 is 1.00. The van der Waals surface area contributed by atoms with Crippen LogP contribution in [0.15, 0.2) is 33.4 Å². The number of rotatable bonds is 2. The van der Waals surface area contributed by atoms with Crippen molar-refractivity contribution in [2.24, 2.45) is 5.73 Å². The summed E-state index contributed by atoms with van der Waals surface area (Å²) in [5, 5.41) is 5.05. The molecular formula is C11H8BrCl2NS. The van der Waals surface area contributed by atoms with Crippen molar-refractivity contribution in [3.63, 3.8) is 0 Å². The molecular weight excluding hydrogens is 329 g/mol. The second-order valence-corrected chi connectivity index (χ2v) is 5.68. The molecule has 5 heteroatoms. The minimum Gasteiger partial charge on any atom is -0.320 e. The summed E-state index contributed by atoms with van der Waals surface area (Å²) in [6, 6.07) is 5.24. The maximum Gasteiger partial charge on any atom is 0.0643 e. The number of thiophene rings is 1. The van der Waals surface area contributed by atoms with Gasteiger partial charge in [0.2, 0.25) is 0 Å². The fraction of sp³-hybridized carbons (Fsp3) is 0.0909. The molecule has 0 fully saturated rings. The summed E-state index contributed by atoms with van der Waals surface area (Å²) >= 11 is 17.2. The molecule has 0 aliphatic heterocycles. The number of hydrogen-bond donors (Lipinski definition) is 1. The van der Waals surface area contributed by atoms with E-state index in [9.17, 15) is 0 Å². The van der Waals surface area contributed by atoms with Gasteiger partial charge in [0, 0.05) is 9.85 Å². The molecule has 0 aliphatic rings. The van der Waals surface area contributed by atoms with Gasteiger partial charge in [0.15, 0.2) is 0 Å². The van der Waals surface area contributed by atoms with Crippen LogP contribution in [0.1, 0.15) is 17.2 Å². The molecule has 2 N–H and O–H groups in total. The summed E-state index contributed by atoms with van der Waals surface area (Å²) in [5.74, 6) is 0. The van der Waals surface area contributed by atoms with Gasteiger partial charge in [-0.2, -0.15) is 11.3 Å². The zero-order chi connectivity index (χ0) is 11.7. The van der Waals surface area contributed by atoms with Gasteiger partial charge < -0.3 is 5.73 Å². The molecule has 0 saturated heterocycles. The molecule has 0 amide bonds. The van der Waals surface area contributed by atoms with Crippen molar-refractivity contribution in [1.82, 2.24) is 0 Å². The number of nitrogens with two attached hydrogens (primary N) is 1. The van der Waals surface area contributed by atoms with Gasteiger partial charge in [0.25, 0.3) is 0 Å². The van der Waals surface area contributed by atoms with E-state index in [1.54, 1.807) is 17.4 Å². The number of benzene rings is 1. The van der Waals surface area contributed by atoms with Gasteiger partial charge >= 0.3 is 0 Å². The fourth-order valence-corrected chi connectivity index (χ4v) is 3.45. The van der Waals surface area contributed by atoms with Crippen molar-refractivity contribution in [2.45, 2.75) is 6.04 Å². The Kier molecular flexibility index (Phi) is 3.93. The highest BCUT2D eigenvalue weighted by Crippen LogP contribution is 2.35. The third kappa shape index (κ3) is 2.29. The zero-order valence-electron chi connectivity index (χ0n) is 8.08. The molecule has 1 nitrogen and oxygen atoms in total. The van der Waals surface area contributed by atoms with Gasteiger partial charge in [-0.25, -0.2) is 0 Å². The van der Waals surface area contributed by atoms with Crippen LogP contribution in [0.2, 0.25) is 10.0 Å². The Morgan fingerprint density at radius 3 is 2.56 bits per heavy atom. The standard InChI is InChI=1S/C11H8BrCl2NS/c12-8-5-16-4-7(8)11(15)6-2-1-3-9(13)10(6)14/h1-5,11H,15H2. The van der Waals surface area contributed by atoms with Crippen LogP contribution in [-0.4, -0.2) is 0 Å². The van der Waals surface area contributed by atoms with Crippen LogP contribution in [0.3, 0.4) is 0 Å². The van der Waals surface area contributed by atoms with Gasteiger partial charge in [-0.1, -0.05) is 35.3 Å². The van der Waals surface area contributed by atoms with Gasteiger partial charge in [-0.05, 0) is 38.5 Å². The second-order valence-electron chi connectivity index (χ2n) is 3.30. The molecule has 0 radical (unpaired) electrons. The molecule has 0 aliphatic carbocycles. The summed E-state index contributed by atoms with van der Waals surface area (Å²) in [6.07, 6.45) is 0. The van der Waals surface area contributed by atoms with E-state index in [0.29, 0.717) is 10.0 Å². The van der Waals surface area contributed by atoms with Crippen LogP contribution in [-0.2, 0) is 0 Å². The van der Waals surface area contributed by atoms with Crippen molar-refractivity contribution in [3.8, 4) is 0 Å². The Balaban J connectivity index is 2.46. The Morgan fingerprint density at radius 1 is 1.19 bits per heavy atom. The number of hydrogen-bond acceptors (Lipinski definition) is 2. The van der Waals surface area contributed by atoms with E-state index >= 15 is 0 Å². The van der Waals surface area contributed by atoms with Gasteiger partial charge in [-0.3, -0.25) is 0 Å². The van der Waals surface area contributed by atoms with E-state index in [-0.39, 0.29) is 6.04 Å². The van der Waals surface area contributed by atoms with Crippen LogP contribution in [0.25, 0.3) is 0 Å². The Hall–Kier alpha value is -0.0600. The van der Waals surface area contributed by atoms with E-state index in [1.165, 1.54) is 0 Å². The van der Waals surface area contributed by atoms with E-state index in [1.807, 2.05) is 22.9 Å². The zero-order valence-corrected chi connectivity index (χ0v) is 12.0. The van der Waals surface area contributed by atoms with Crippen LogP contribution in [0.5, 0.6) is 0 Å². The Morgan fingerprint density at radius 2 is 1.94 bits per heavy atom. The first kappa shape index (κ1) is 12.4. The van der Waals surface area contributed by atoms with E-state index in [0.717, 1.165) is 15.6 Å². The maximum atomic E-state index is 6.16. The fourth-order valence-electron chi connectivity index (χ4n) is 1.44. The lowest BCUT2D eigenvalue weighted by Gasteiger charge is -2.14. The van der Waals surface area contributed by atoms with Crippen molar-refractivity contribution in [1.29, 1.82) is 0 Å². The third-order valence-electron chi connectivity index (χ3n) is 2.29. The van der Waals surface area contributed by atoms with Crippen molar-refractivity contribution < 1.29 is 0 Å². The minimum absolute atomic E-state index is 0.258. The van der Waals surface area contributed by atoms with E-state index in [2.05, 4.69) is 15.9 Å². The number of halogens is 3. The Bertz CT molecular complexity index is 512. The first-order chi connectivity index (χ1) is 7.61. The average Bonchev–Trinajstić information content (AvgIpc) is 2.68. The van der Waals surface area contributed by atoms with E-state index in [4.69, 9.17) is 28.9 Å². The summed E-state index contributed by atoms with van der Waals surface area (Å²) in [6.45, 7) is 0. The predicted octanol–water partition coefficient (Wildman–Crippen LogP) is 4.87. The molecule has 1 atom stereocenters. The van der Waals surface area contributed by atoms with Gasteiger partial charge in [0.1, 0.15) is 0 Å². The topological polar surface area (TPSA) is 26.0 Å². The molecule has 84 valence electrons. The van der Waals surface area contributed by atoms with Crippen LogP contribution in [0, 0.1) is 0 Å². The van der Waals surface area contributed by atoms with Gasteiger partial charge in [-0.15, -0.1) is 0 Å². The first-order valence-electron chi connectivity index (χ1n) is 4.52. The summed E-state index contributed by atoms with van der Waals surface area (Å²) in [4.78, 5) is 0. The molecule has 1 heterocycles. The molecule has 2 aromatic rings. The molecule has 0 bridgehead atoms. The van der Waals surface area contributed by atoms with E-state index < -0.39 is 0 Å². The molecule has 1 aromatic heterocycles. The van der Waals surface area contributed by atoms with Crippen LogP contribution < -0.4 is 5.73 Å². The highest BCUT2D eigenvalue weighted by molar-refractivity contribution is 9.10. The average molecular weight is 337 g/mol. The maximum absolute atomic E-state index is 6.16. The molecule has 16 heavy (non-hydrogen) atoms. The van der Waals surface area contributed by atoms with Crippen LogP contribution in [0.4, 0.5) is 0 Å². The third-order valence-corrected chi connectivity index (χ3v) is 4.88. The van der Waals surface area contributed by atoms with Gasteiger partial charge in [0.05, 0.1) is 16.1 Å². The SMILES string of the molecule is NC(c1cscc1Br)c1cccc(Cl)c1Cl. The normalized spacial score (nSPS) is 12.8. The minimum atomic E-state index is -0.258. The first-order valence-corrected chi connectivity index (χ1v) is 7.01. The monoisotopic (exact) mass is 335 g/mol. The quantitative estimate of drug-likeness (QED) is 0.832. The molecule has 2 rings (SSSR count).